The molecule has 6 heteroatoms. The molecule has 0 spiro atoms. The molecule has 0 saturated carbocycles. The summed E-state index contributed by atoms with van der Waals surface area (Å²) in [6.45, 7) is 9.74. The van der Waals surface area contributed by atoms with Crippen LogP contribution in [0.4, 0.5) is 0 Å². The van der Waals surface area contributed by atoms with Crippen LogP contribution in [0.3, 0.4) is 0 Å². The van der Waals surface area contributed by atoms with Gasteiger partial charge in [-0.25, -0.2) is 0 Å². The van der Waals surface area contributed by atoms with Crippen molar-refractivity contribution in [1.82, 2.24) is 15.5 Å². The molecular weight excluding hydrogens is 367 g/mol. The zero-order valence-electron chi connectivity index (χ0n) is 13.6. The Labute approximate surface area is 141 Å². The number of methoxy groups -OCH3 is 1. The van der Waals surface area contributed by atoms with Gasteiger partial charge in [0.25, 0.3) is 0 Å². The van der Waals surface area contributed by atoms with E-state index < -0.39 is 0 Å². The molecule has 0 unspecified atom stereocenters. The van der Waals surface area contributed by atoms with Crippen molar-refractivity contribution in [2.75, 3.05) is 53.5 Å². The van der Waals surface area contributed by atoms with E-state index in [1.54, 1.807) is 7.11 Å². The molecule has 122 valence electrons. The van der Waals surface area contributed by atoms with E-state index in [4.69, 9.17) is 4.74 Å². The number of likely N-dealkylation sites (N-methyl/N-ethyl adjacent to an activating group) is 1. The molecule has 2 N–H and O–H groups in total. The first kappa shape index (κ1) is 22.2. The van der Waals surface area contributed by atoms with Gasteiger partial charge in [0.2, 0.25) is 0 Å². The number of ether oxygens (including phenoxy) is 1. The van der Waals surface area contributed by atoms with E-state index in [0.29, 0.717) is 0 Å². The standard InChI is InChI=1S/C14H32N4O.HI/c1-5-7-8-9-16-14(15-6-2)17-10-11-18(3)12-13-19-4;/h5-13H2,1-4H3,(H2,15,16,17);1H. The second-order valence-corrected chi connectivity index (χ2v) is 4.69. The summed E-state index contributed by atoms with van der Waals surface area (Å²) in [5, 5.41) is 6.63. The average Bonchev–Trinajstić information content (AvgIpc) is 2.41. The van der Waals surface area contributed by atoms with Crippen LogP contribution in [0.1, 0.15) is 33.1 Å². The molecule has 0 radical (unpaired) electrons. The molecular formula is C14H33IN4O. The second-order valence-electron chi connectivity index (χ2n) is 4.69. The first-order valence-electron chi connectivity index (χ1n) is 7.44. The minimum absolute atomic E-state index is 0. The molecule has 0 bridgehead atoms. The number of nitrogens with zero attached hydrogens (tertiary/aromatic N) is 2. The molecule has 0 amide bonds. The largest absolute Gasteiger partial charge is 0.383 e. The van der Waals surface area contributed by atoms with Gasteiger partial charge in [-0.3, -0.25) is 4.99 Å². The van der Waals surface area contributed by atoms with Crippen molar-refractivity contribution in [3.05, 3.63) is 0 Å². The van der Waals surface area contributed by atoms with E-state index >= 15 is 0 Å². The number of guanidine groups is 1. The predicted octanol–water partition coefficient (Wildman–Crippen LogP) is 1.93. The molecule has 0 aromatic rings. The van der Waals surface area contributed by atoms with Crippen LogP contribution in [0.15, 0.2) is 4.99 Å². The van der Waals surface area contributed by atoms with Gasteiger partial charge in [0.1, 0.15) is 0 Å². The zero-order chi connectivity index (χ0) is 14.3. The van der Waals surface area contributed by atoms with Gasteiger partial charge in [0.05, 0.1) is 6.61 Å². The van der Waals surface area contributed by atoms with Crippen LogP contribution >= 0.6 is 24.0 Å². The number of aliphatic imine (C=N–C) groups is 1. The topological polar surface area (TPSA) is 48.9 Å². The smallest absolute Gasteiger partial charge is 0.191 e. The predicted molar refractivity (Wildman–Crippen MR) is 98.3 cm³/mol. The lowest BCUT2D eigenvalue weighted by molar-refractivity contribution is 0.162. The van der Waals surface area contributed by atoms with Gasteiger partial charge in [0.15, 0.2) is 5.96 Å². The maximum absolute atomic E-state index is 5.06. The van der Waals surface area contributed by atoms with Gasteiger partial charge in [0, 0.05) is 39.8 Å². The lowest BCUT2D eigenvalue weighted by atomic mass is 10.2. The Morgan fingerprint density at radius 2 is 1.90 bits per heavy atom. The first-order chi connectivity index (χ1) is 9.24. The van der Waals surface area contributed by atoms with Crippen molar-refractivity contribution < 1.29 is 4.74 Å². The molecule has 0 aliphatic carbocycles. The van der Waals surface area contributed by atoms with Crippen molar-refractivity contribution in [3.63, 3.8) is 0 Å². The summed E-state index contributed by atoms with van der Waals surface area (Å²) in [7, 11) is 3.84. The van der Waals surface area contributed by atoms with Gasteiger partial charge in [-0.1, -0.05) is 19.8 Å². The number of hydrogen-bond acceptors (Lipinski definition) is 3. The molecule has 0 heterocycles. The molecule has 0 atom stereocenters. The lowest BCUT2D eigenvalue weighted by Crippen LogP contribution is -2.41. The summed E-state index contributed by atoms with van der Waals surface area (Å²) >= 11 is 0. The van der Waals surface area contributed by atoms with Crippen molar-refractivity contribution in [3.8, 4) is 0 Å². The minimum atomic E-state index is 0. The van der Waals surface area contributed by atoms with Gasteiger partial charge < -0.3 is 20.3 Å². The van der Waals surface area contributed by atoms with Crippen LogP contribution in [0.25, 0.3) is 0 Å². The summed E-state index contributed by atoms with van der Waals surface area (Å²) in [6.07, 6.45) is 3.66. The third-order valence-electron chi connectivity index (χ3n) is 2.84. The molecule has 5 nitrogen and oxygen atoms in total. The highest BCUT2D eigenvalue weighted by Gasteiger charge is 1.99. The highest BCUT2D eigenvalue weighted by atomic mass is 127. The number of nitrogens with one attached hydrogen (secondary N) is 2. The van der Waals surface area contributed by atoms with Crippen LogP contribution in [0, 0.1) is 0 Å². The maximum Gasteiger partial charge on any atom is 0.191 e. The molecule has 0 aromatic carbocycles. The van der Waals surface area contributed by atoms with Gasteiger partial charge in [-0.05, 0) is 20.4 Å². The van der Waals surface area contributed by atoms with Crippen LogP contribution in [-0.4, -0.2) is 64.3 Å². The zero-order valence-corrected chi connectivity index (χ0v) is 15.9. The lowest BCUT2D eigenvalue weighted by Gasteiger charge is -2.17. The van der Waals surface area contributed by atoms with Gasteiger partial charge in [-0.2, -0.15) is 0 Å². The Morgan fingerprint density at radius 3 is 2.50 bits per heavy atom. The van der Waals surface area contributed by atoms with E-state index in [-0.39, 0.29) is 24.0 Å². The van der Waals surface area contributed by atoms with E-state index in [0.717, 1.165) is 45.3 Å². The molecule has 0 aromatic heterocycles. The first-order valence-corrected chi connectivity index (χ1v) is 7.44. The molecule has 0 saturated heterocycles. The highest BCUT2D eigenvalue weighted by molar-refractivity contribution is 14.0. The quantitative estimate of drug-likeness (QED) is 0.241. The summed E-state index contributed by atoms with van der Waals surface area (Å²) in [6, 6.07) is 0. The molecule has 0 rings (SSSR count). The van der Waals surface area contributed by atoms with Crippen molar-refractivity contribution in [2.24, 2.45) is 4.99 Å². The molecule has 0 fully saturated rings. The molecule has 0 aliphatic rings. The van der Waals surface area contributed by atoms with Crippen LogP contribution in [-0.2, 0) is 4.74 Å². The van der Waals surface area contributed by atoms with Crippen molar-refractivity contribution in [1.29, 1.82) is 0 Å². The third kappa shape index (κ3) is 14.3. The Morgan fingerprint density at radius 1 is 1.15 bits per heavy atom. The molecule has 20 heavy (non-hydrogen) atoms. The van der Waals surface area contributed by atoms with E-state index in [1.165, 1.54) is 19.3 Å². The van der Waals surface area contributed by atoms with Crippen LogP contribution in [0.2, 0.25) is 0 Å². The Balaban J connectivity index is 0. The monoisotopic (exact) mass is 400 g/mol. The fraction of sp³-hybridized carbons (Fsp3) is 0.929. The van der Waals surface area contributed by atoms with E-state index in [1.807, 2.05) is 0 Å². The summed E-state index contributed by atoms with van der Waals surface area (Å²) < 4.78 is 5.06. The van der Waals surface area contributed by atoms with Gasteiger partial charge in [-0.15, -0.1) is 24.0 Å². The molecule has 0 aliphatic heterocycles. The summed E-state index contributed by atoms with van der Waals surface area (Å²) in [4.78, 5) is 6.81. The third-order valence-corrected chi connectivity index (χ3v) is 2.84. The second kappa shape index (κ2) is 17.0. The summed E-state index contributed by atoms with van der Waals surface area (Å²) in [5.74, 6) is 0.929. The van der Waals surface area contributed by atoms with Crippen molar-refractivity contribution >= 4 is 29.9 Å². The fourth-order valence-corrected chi connectivity index (χ4v) is 1.62. The Kier molecular flexibility index (Phi) is 18.8. The average molecular weight is 400 g/mol. The summed E-state index contributed by atoms with van der Waals surface area (Å²) in [5.41, 5.74) is 0. The minimum Gasteiger partial charge on any atom is -0.383 e. The SMILES string of the molecule is CCCCCN=C(NCC)NCCN(C)CCOC.I. The fourth-order valence-electron chi connectivity index (χ4n) is 1.62. The van der Waals surface area contributed by atoms with Crippen molar-refractivity contribution in [2.45, 2.75) is 33.1 Å². The van der Waals surface area contributed by atoms with Crippen LogP contribution in [0.5, 0.6) is 0 Å². The van der Waals surface area contributed by atoms with Gasteiger partial charge >= 0.3 is 0 Å². The number of hydrogen-bond donors (Lipinski definition) is 2. The number of rotatable bonds is 11. The number of halogens is 1. The Bertz CT molecular complexity index is 227. The highest BCUT2D eigenvalue weighted by Crippen LogP contribution is 1.93. The van der Waals surface area contributed by atoms with E-state index in [2.05, 4.69) is 41.4 Å². The Hall–Kier alpha value is -0.0800. The van der Waals surface area contributed by atoms with E-state index in [9.17, 15) is 0 Å². The normalized spacial score (nSPS) is 11.3. The van der Waals surface area contributed by atoms with Crippen LogP contribution < -0.4 is 10.6 Å². The maximum atomic E-state index is 5.06. The number of unbranched alkanes of at least 4 members (excludes halogenated alkanes) is 2.